The van der Waals surface area contributed by atoms with E-state index in [1.54, 1.807) is 19.9 Å². The Balaban J connectivity index is 2.14. The number of carbonyl (C=O) groups excluding carboxylic acids is 2. The van der Waals surface area contributed by atoms with Crippen molar-refractivity contribution in [3.05, 3.63) is 60.7 Å². The summed E-state index contributed by atoms with van der Waals surface area (Å²) in [5.41, 5.74) is 2.11. The summed E-state index contributed by atoms with van der Waals surface area (Å²) in [6.07, 6.45) is 5.02. The van der Waals surface area contributed by atoms with Gasteiger partial charge in [-0.2, -0.15) is 0 Å². The SMILES string of the molecule is C=CCCS(=O)(=O)CC(C)C(=O)N[C@@H](Cc1cccc(CC=C)c1)[C@@H]1C[C@@H](C)C(=O)O1. The lowest BCUT2D eigenvalue weighted by Crippen LogP contribution is -2.47. The number of sulfone groups is 1. The first kappa shape index (κ1) is 24.9. The molecule has 0 saturated carbocycles. The highest BCUT2D eigenvalue weighted by Gasteiger charge is 2.37. The number of benzene rings is 1. The number of cyclic esters (lactones) is 1. The van der Waals surface area contributed by atoms with Crippen LogP contribution in [0.4, 0.5) is 0 Å². The van der Waals surface area contributed by atoms with Gasteiger partial charge >= 0.3 is 5.97 Å². The quantitative estimate of drug-likeness (QED) is 0.393. The third-order valence-electron chi connectivity index (χ3n) is 5.44. The second kappa shape index (κ2) is 11.3. The van der Waals surface area contributed by atoms with E-state index in [0.29, 0.717) is 19.3 Å². The van der Waals surface area contributed by atoms with Crippen molar-refractivity contribution in [2.45, 2.75) is 51.7 Å². The maximum absolute atomic E-state index is 12.8. The summed E-state index contributed by atoms with van der Waals surface area (Å²) in [6, 6.07) is 7.54. The van der Waals surface area contributed by atoms with Crippen LogP contribution in [0, 0.1) is 11.8 Å². The molecule has 2 rings (SSSR count). The first-order valence-electron chi connectivity index (χ1n) is 10.7. The third-order valence-corrected chi connectivity index (χ3v) is 7.31. The van der Waals surface area contributed by atoms with Gasteiger partial charge in [0.05, 0.1) is 23.5 Å². The molecule has 0 radical (unpaired) electrons. The van der Waals surface area contributed by atoms with Crippen LogP contribution in [0.3, 0.4) is 0 Å². The largest absolute Gasteiger partial charge is 0.460 e. The number of hydrogen-bond acceptors (Lipinski definition) is 5. The van der Waals surface area contributed by atoms with Crippen LogP contribution in [0.1, 0.15) is 37.8 Å². The first-order chi connectivity index (χ1) is 14.6. The van der Waals surface area contributed by atoms with E-state index < -0.39 is 27.9 Å². The summed E-state index contributed by atoms with van der Waals surface area (Å²) in [5.74, 6) is -1.82. The van der Waals surface area contributed by atoms with Gasteiger partial charge in [0, 0.05) is 5.92 Å². The number of hydrogen-bond donors (Lipinski definition) is 1. The number of nitrogens with one attached hydrogen (secondary N) is 1. The molecule has 0 aliphatic carbocycles. The Morgan fingerprint density at radius 3 is 2.61 bits per heavy atom. The van der Waals surface area contributed by atoms with Crippen LogP contribution in [0.25, 0.3) is 0 Å². The standard InChI is InChI=1S/C24H33NO5S/c1-5-7-12-31(28,29)16-18(4)23(26)25-21(22-13-17(3)24(27)30-22)15-20-11-8-10-19(14-20)9-6-2/h5-6,8,10-11,14,17-18,21-22H,1-2,7,9,12-13,15-16H2,3-4H3,(H,25,26)/t17-,18?,21+,22+/m1/s1. The third kappa shape index (κ3) is 7.65. The topological polar surface area (TPSA) is 89.5 Å². The van der Waals surface area contributed by atoms with Gasteiger partial charge in [0.2, 0.25) is 5.91 Å². The highest BCUT2D eigenvalue weighted by atomic mass is 32.2. The van der Waals surface area contributed by atoms with Crippen LogP contribution in [0.2, 0.25) is 0 Å². The van der Waals surface area contributed by atoms with Crippen molar-refractivity contribution < 1.29 is 22.7 Å². The van der Waals surface area contributed by atoms with Gasteiger partial charge in [-0.1, -0.05) is 50.3 Å². The summed E-state index contributed by atoms with van der Waals surface area (Å²) in [7, 11) is -3.36. The van der Waals surface area contributed by atoms with Crippen LogP contribution in [-0.4, -0.2) is 43.9 Å². The van der Waals surface area contributed by atoms with Crippen LogP contribution < -0.4 is 5.32 Å². The zero-order valence-corrected chi connectivity index (χ0v) is 19.2. The molecule has 0 spiro atoms. The van der Waals surface area contributed by atoms with Gasteiger partial charge in [0.15, 0.2) is 9.84 Å². The molecule has 1 aliphatic heterocycles. The van der Waals surface area contributed by atoms with Gasteiger partial charge in [-0.05, 0) is 36.8 Å². The second-order valence-corrected chi connectivity index (χ2v) is 10.6. The molecule has 1 unspecified atom stereocenters. The Labute approximate surface area is 185 Å². The molecule has 31 heavy (non-hydrogen) atoms. The minimum Gasteiger partial charge on any atom is -0.460 e. The van der Waals surface area contributed by atoms with Gasteiger partial charge in [-0.3, -0.25) is 9.59 Å². The molecule has 1 fully saturated rings. The van der Waals surface area contributed by atoms with Crippen molar-refractivity contribution in [3.8, 4) is 0 Å². The zero-order chi connectivity index (χ0) is 23.0. The molecular formula is C24H33NO5S. The molecule has 1 aromatic carbocycles. The zero-order valence-electron chi connectivity index (χ0n) is 18.4. The molecule has 4 atom stereocenters. The fraction of sp³-hybridized carbons (Fsp3) is 0.500. The molecule has 0 aromatic heterocycles. The van der Waals surface area contributed by atoms with Crippen molar-refractivity contribution in [2.75, 3.05) is 11.5 Å². The summed E-state index contributed by atoms with van der Waals surface area (Å²) >= 11 is 0. The predicted molar refractivity (Wildman–Crippen MR) is 122 cm³/mol. The number of allylic oxidation sites excluding steroid dienone is 2. The van der Waals surface area contributed by atoms with Crippen molar-refractivity contribution in [1.82, 2.24) is 5.32 Å². The Hall–Kier alpha value is -2.41. The fourth-order valence-electron chi connectivity index (χ4n) is 3.71. The highest BCUT2D eigenvalue weighted by Crippen LogP contribution is 2.25. The minimum absolute atomic E-state index is 0.0224. The van der Waals surface area contributed by atoms with Crippen LogP contribution in [0.15, 0.2) is 49.6 Å². The van der Waals surface area contributed by atoms with Crippen molar-refractivity contribution >= 4 is 21.7 Å². The van der Waals surface area contributed by atoms with Crippen LogP contribution in [0.5, 0.6) is 0 Å². The van der Waals surface area contributed by atoms with Crippen molar-refractivity contribution in [3.63, 3.8) is 0 Å². The lowest BCUT2D eigenvalue weighted by Gasteiger charge is -2.26. The number of carbonyl (C=O) groups is 2. The van der Waals surface area contributed by atoms with Gasteiger partial charge in [0.1, 0.15) is 6.10 Å². The summed E-state index contributed by atoms with van der Waals surface area (Å²) in [5, 5.41) is 2.96. The number of esters is 1. The summed E-state index contributed by atoms with van der Waals surface area (Å²) in [6.45, 7) is 10.7. The summed E-state index contributed by atoms with van der Waals surface area (Å²) < 4.78 is 30.0. The molecule has 1 amide bonds. The average molecular weight is 448 g/mol. The van der Waals surface area contributed by atoms with Crippen LogP contribution >= 0.6 is 0 Å². The first-order valence-corrected chi connectivity index (χ1v) is 12.5. The van der Waals surface area contributed by atoms with Gasteiger partial charge in [-0.25, -0.2) is 8.42 Å². The molecule has 1 N–H and O–H groups in total. The van der Waals surface area contributed by atoms with Gasteiger partial charge in [0.25, 0.3) is 0 Å². The molecule has 1 saturated heterocycles. The average Bonchev–Trinajstić information content (AvgIpc) is 3.04. The number of rotatable bonds is 12. The highest BCUT2D eigenvalue weighted by molar-refractivity contribution is 7.91. The molecule has 1 aromatic rings. The van der Waals surface area contributed by atoms with E-state index in [0.717, 1.165) is 17.5 Å². The van der Waals surface area contributed by atoms with Crippen molar-refractivity contribution in [2.24, 2.45) is 11.8 Å². The van der Waals surface area contributed by atoms with E-state index in [1.165, 1.54) is 0 Å². The molecule has 7 heteroatoms. The lowest BCUT2D eigenvalue weighted by atomic mass is 9.95. The monoisotopic (exact) mass is 447 g/mol. The molecular weight excluding hydrogens is 414 g/mol. The Morgan fingerprint density at radius 1 is 1.29 bits per heavy atom. The van der Waals surface area contributed by atoms with Gasteiger partial charge < -0.3 is 10.1 Å². The van der Waals surface area contributed by atoms with E-state index in [4.69, 9.17) is 4.74 Å². The van der Waals surface area contributed by atoms with Crippen molar-refractivity contribution in [1.29, 1.82) is 0 Å². The Bertz CT molecular complexity index is 908. The van der Waals surface area contributed by atoms with E-state index in [9.17, 15) is 18.0 Å². The summed E-state index contributed by atoms with van der Waals surface area (Å²) in [4.78, 5) is 24.8. The predicted octanol–water partition coefficient (Wildman–Crippen LogP) is 3.02. The molecule has 1 aliphatic rings. The Morgan fingerprint density at radius 2 is 2.00 bits per heavy atom. The smallest absolute Gasteiger partial charge is 0.309 e. The fourth-order valence-corrected chi connectivity index (χ4v) is 5.32. The molecule has 170 valence electrons. The Kier molecular flexibility index (Phi) is 9.04. The van der Waals surface area contributed by atoms with Gasteiger partial charge in [-0.15, -0.1) is 13.2 Å². The van der Waals surface area contributed by atoms with E-state index in [1.807, 2.05) is 30.3 Å². The number of ether oxygens (including phenoxy) is 1. The van der Waals surface area contributed by atoms with E-state index >= 15 is 0 Å². The molecule has 6 nitrogen and oxygen atoms in total. The van der Waals surface area contributed by atoms with E-state index in [-0.39, 0.29) is 29.3 Å². The minimum atomic E-state index is -3.36. The lowest BCUT2D eigenvalue weighted by molar-refractivity contribution is -0.145. The van der Waals surface area contributed by atoms with Crippen LogP contribution in [-0.2, 0) is 37.0 Å². The second-order valence-electron chi connectivity index (χ2n) is 8.34. The van der Waals surface area contributed by atoms with E-state index in [2.05, 4.69) is 18.5 Å². The number of amides is 1. The normalized spacial score (nSPS) is 20.5. The molecule has 1 heterocycles. The maximum Gasteiger partial charge on any atom is 0.309 e. The molecule has 0 bridgehead atoms. The maximum atomic E-state index is 12.8.